The minimum atomic E-state index is -1.38. The number of halogens is 2. The van der Waals surface area contributed by atoms with Crippen LogP contribution >= 0.6 is 11.6 Å². The number of nitrogens with one attached hydrogen (secondary N) is 2. The van der Waals surface area contributed by atoms with Crippen LogP contribution in [0.2, 0.25) is 5.02 Å². The normalized spacial score (nSPS) is 11.5. The molecule has 0 fully saturated rings. The first-order valence-corrected chi connectivity index (χ1v) is 6.14. The molecule has 0 aliphatic rings. The molecule has 0 aliphatic carbocycles. The predicted octanol–water partition coefficient (Wildman–Crippen LogP) is 1.92. The van der Waals surface area contributed by atoms with Crippen LogP contribution in [0.5, 0.6) is 0 Å². The smallest absolute Gasteiger partial charge is 0.326 e. The van der Waals surface area contributed by atoms with E-state index in [4.69, 9.17) is 21.8 Å². The van der Waals surface area contributed by atoms with Gasteiger partial charge in [0, 0.05) is 6.42 Å². The van der Waals surface area contributed by atoms with Crippen molar-refractivity contribution in [2.45, 2.75) is 18.9 Å². The van der Waals surface area contributed by atoms with E-state index in [0.717, 1.165) is 12.1 Å². The van der Waals surface area contributed by atoms with E-state index >= 15 is 0 Å². The third-order valence-electron chi connectivity index (χ3n) is 2.43. The van der Waals surface area contributed by atoms with Gasteiger partial charge in [0.1, 0.15) is 11.9 Å². The van der Waals surface area contributed by atoms with Crippen LogP contribution in [-0.2, 0) is 9.59 Å². The zero-order chi connectivity index (χ0) is 16.0. The summed E-state index contributed by atoms with van der Waals surface area (Å²) in [5.74, 6) is -3.19. The van der Waals surface area contributed by atoms with Crippen LogP contribution in [0.4, 0.5) is 14.9 Å². The molecule has 1 aromatic rings. The number of benzene rings is 1. The predicted molar refractivity (Wildman–Crippen MR) is 71.9 cm³/mol. The molecule has 0 heterocycles. The quantitative estimate of drug-likeness (QED) is 0.639. The Balaban J connectivity index is 2.67. The van der Waals surface area contributed by atoms with Crippen LogP contribution in [0.15, 0.2) is 18.2 Å². The lowest BCUT2D eigenvalue weighted by atomic mass is 10.1. The van der Waals surface area contributed by atoms with Gasteiger partial charge in [0.25, 0.3) is 0 Å². The minimum Gasteiger partial charge on any atom is -0.481 e. The van der Waals surface area contributed by atoms with Crippen molar-refractivity contribution >= 4 is 35.3 Å². The lowest BCUT2D eigenvalue weighted by Crippen LogP contribution is -2.43. The van der Waals surface area contributed by atoms with E-state index in [2.05, 4.69) is 10.6 Å². The van der Waals surface area contributed by atoms with Gasteiger partial charge in [-0.15, -0.1) is 0 Å². The third-order valence-corrected chi connectivity index (χ3v) is 2.76. The molecule has 0 radical (unpaired) electrons. The first-order chi connectivity index (χ1) is 9.79. The number of rotatable bonds is 6. The molecule has 9 heteroatoms. The number of carboxylic acids is 2. The zero-order valence-electron chi connectivity index (χ0n) is 10.6. The number of hydrogen-bond acceptors (Lipinski definition) is 3. The van der Waals surface area contributed by atoms with Crippen LogP contribution in [0, 0.1) is 5.82 Å². The molecule has 0 spiro atoms. The second kappa shape index (κ2) is 7.44. The second-order valence-electron chi connectivity index (χ2n) is 4.05. The Kier molecular flexibility index (Phi) is 5.92. The topological polar surface area (TPSA) is 116 Å². The summed E-state index contributed by atoms with van der Waals surface area (Å²) < 4.78 is 13.0. The molecule has 7 nitrogen and oxygen atoms in total. The molecule has 114 valence electrons. The van der Waals surface area contributed by atoms with Crippen LogP contribution in [-0.4, -0.2) is 34.2 Å². The summed E-state index contributed by atoms with van der Waals surface area (Å²) >= 11 is 5.74. The van der Waals surface area contributed by atoms with Crippen molar-refractivity contribution in [3.63, 3.8) is 0 Å². The van der Waals surface area contributed by atoms with E-state index < -0.39 is 36.2 Å². The first kappa shape index (κ1) is 16.7. The van der Waals surface area contributed by atoms with Gasteiger partial charge in [-0.05, 0) is 24.6 Å². The Labute approximate surface area is 123 Å². The summed E-state index contributed by atoms with van der Waals surface area (Å²) in [7, 11) is 0. The SMILES string of the molecule is O=C(O)CC[C@H](NC(=O)Nc1cc(F)ccc1Cl)C(=O)O. The van der Waals surface area contributed by atoms with Gasteiger partial charge in [0.15, 0.2) is 0 Å². The van der Waals surface area contributed by atoms with E-state index in [0.29, 0.717) is 0 Å². The standard InChI is InChI=1S/C12H12ClFN2O5/c13-7-2-1-6(14)5-9(7)16-12(21)15-8(11(19)20)3-4-10(17)18/h1-2,5,8H,3-4H2,(H,17,18)(H,19,20)(H2,15,16,21)/t8-/m0/s1. The molecule has 21 heavy (non-hydrogen) atoms. The number of anilines is 1. The van der Waals surface area contributed by atoms with E-state index in [1.165, 1.54) is 6.07 Å². The lowest BCUT2D eigenvalue weighted by molar-refractivity contribution is -0.140. The van der Waals surface area contributed by atoms with Crippen molar-refractivity contribution < 1.29 is 29.0 Å². The van der Waals surface area contributed by atoms with Gasteiger partial charge in [-0.3, -0.25) is 4.79 Å². The van der Waals surface area contributed by atoms with Gasteiger partial charge in [-0.1, -0.05) is 11.6 Å². The highest BCUT2D eigenvalue weighted by molar-refractivity contribution is 6.33. The van der Waals surface area contributed by atoms with Crippen molar-refractivity contribution in [3.05, 3.63) is 29.0 Å². The Hall–Kier alpha value is -2.35. The molecule has 1 aromatic carbocycles. The highest BCUT2D eigenvalue weighted by Gasteiger charge is 2.21. The average molecular weight is 319 g/mol. The molecule has 0 unspecified atom stereocenters. The van der Waals surface area contributed by atoms with Gasteiger partial charge in [-0.25, -0.2) is 14.0 Å². The fourth-order valence-electron chi connectivity index (χ4n) is 1.44. The molecular formula is C12H12ClFN2O5. The molecule has 2 amide bonds. The van der Waals surface area contributed by atoms with Crippen molar-refractivity contribution in [2.24, 2.45) is 0 Å². The maximum absolute atomic E-state index is 13.0. The number of hydrogen-bond donors (Lipinski definition) is 4. The molecule has 4 N–H and O–H groups in total. The summed E-state index contributed by atoms with van der Waals surface area (Å²) in [4.78, 5) is 32.9. The fourth-order valence-corrected chi connectivity index (χ4v) is 1.60. The maximum atomic E-state index is 13.0. The summed E-state index contributed by atoms with van der Waals surface area (Å²) in [6, 6.07) is 0.979. The monoisotopic (exact) mass is 318 g/mol. The molecule has 1 atom stereocenters. The molecular weight excluding hydrogens is 307 g/mol. The minimum absolute atomic E-state index is 0.0310. The Morgan fingerprint density at radius 3 is 2.52 bits per heavy atom. The number of carbonyl (C=O) groups is 3. The van der Waals surface area contributed by atoms with Gasteiger partial charge in [0.2, 0.25) is 0 Å². The Morgan fingerprint density at radius 2 is 1.95 bits per heavy atom. The van der Waals surface area contributed by atoms with Crippen LogP contribution in [0.3, 0.4) is 0 Å². The van der Waals surface area contributed by atoms with Gasteiger partial charge < -0.3 is 20.8 Å². The number of urea groups is 1. The Bertz CT molecular complexity index is 567. The fraction of sp³-hybridized carbons (Fsp3) is 0.250. The van der Waals surface area contributed by atoms with Crippen molar-refractivity contribution in [2.75, 3.05) is 5.32 Å². The first-order valence-electron chi connectivity index (χ1n) is 5.76. The number of aliphatic carboxylic acids is 2. The number of carboxylic acid groups (broad SMARTS) is 2. The molecule has 1 rings (SSSR count). The number of amides is 2. The summed E-state index contributed by atoms with van der Waals surface area (Å²) in [5, 5.41) is 21.7. The van der Waals surface area contributed by atoms with Crippen molar-refractivity contribution in [3.8, 4) is 0 Å². The Morgan fingerprint density at radius 1 is 1.29 bits per heavy atom. The summed E-state index contributed by atoms with van der Waals surface area (Å²) in [5.41, 5.74) is -0.0310. The van der Waals surface area contributed by atoms with Crippen LogP contribution in [0.25, 0.3) is 0 Å². The van der Waals surface area contributed by atoms with Gasteiger partial charge in [0.05, 0.1) is 10.7 Å². The number of carbonyl (C=O) groups excluding carboxylic acids is 1. The largest absolute Gasteiger partial charge is 0.481 e. The highest BCUT2D eigenvalue weighted by atomic mass is 35.5. The molecule has 0 saturated carbocycles. The third kappa shape index (κ3) is 5.65. The maximum Gasteiger partial charge on any atom is 0.326 e. The van der Waals surface area contributed by atoms with Crippen molar-refractivity contribution in [1.29, 1.82) is 0 Å². The van der Waals surface area contributed by atoms with E-state index in [9.17, 15) is 18.8 Å². The second-order valence-corrected chi connectivity index (χ2v) is 4.45. The highest BCUT2D eigenvalue weighted by Crippen LogP contribution is 2.22. The van der Waals surface area contributed by atoms with E-state index in [-0.39, 0.29) is 17.1 Å². The van der Waals surface area contributed by atoms with E-state index in [1.54, 1.807) is 0 Å². The van der Waals surface area contributed by atoms with Crippen LogP contribution in [0.1, 0.15) is 12.8 Å². The molecule has 0 aliphatic heterocycles. The molecule has 0 saturated heterocycles. The lowest BCUT2D eigenvalue weighted by Gasteiger charge is -2.14. The molecule has 0 bridgehead atoms. The summed E-state index contributed by atoms with van der Waals surface area (Å²) in [6.45, 7) is 0. The van der Waals surface area contributed by atoms with Gasteiger partial charge >= 0.3 is 18.0 Å². The zero-order valence-corrected chi connectivity index (χ0v) is 11.4. The van der Waals surface area contributed by atoms with Crippen molar-refractivity contribution in [1.82, 2.24) is 5.32 Å². The summed E-state index contributed by atoms with van der Waals surface area (Å²) in [6.07, 6.45) is -0.701. The average Bonchev–Trinajstić information content (AvgIpc) is 2.38. The van der Waals surface area contributed by atoms with Gasteiger partial charge in [-0.2, -0.15) is 0 Å². The van der Waals surface area contributed by atoms with Crippen LogP contribution < -0.4 is 10.6 Å². The molecule has 0 aromatic heterocycles. The van der Waals surface area contributed by atoms with E-state index in [1.807, 2.05) is 0 Å².